The summed E-state index contributed by atoms with van der Waals surface area (Å²) in [6.07, 6.45) is 1.85. The molecule has 1 aromatic rings. The van der Waals surface area contributed by atoms with Crippen LogP contribution in [0.25, 0.3) is 0 Å². The molecule has 1 aromatic heterocycles. The molecular formula is C10H19N3O. The van der Waals surface area contributed by atoms with Crippen molar-refractivity contribution in [1.29, 1.82) is 0 Å². The van der Waals surface area contributed by atoms with Crippen LogP contribution in [0.4, 0.5) is 0 Å². The molecule has 4 nitrogen and oxygen atoms in total. The number of hydrogen-bond donors (Lipinski definition) is 2. The van der Waals surface area contributed by atoms with Crippen LogP contribution in [0.3, 0.4) is 0 Å². The van der Waals surface area contributed by atoms with Gasteiger partial charge in [-0.05, 0) is 20.4 Å². The molecule has 0 saturated carbocycles. The Bertz CT molecular complexity index is 281. The number of nitrogens with zero attached hydrogens (tertiary/aromatic N) is 1. The summed E-state index contributed by atoms with van der Waals surface area (Å²) in [6.45, 7) is 7.84. The van der Waals surface area contributed by atoms with Crippen LogP contribution in [0.5, 0.6) is 0 Å². The van der Waals surface area contributed by atoms with Crippen LogP contribution >= 0.6 is 0 Å². The van der Waals surface area contributed by atoms with Crippen LogP contribution in [-0.4, -0.2) is 23.6 Å². The SMILES string of the molecule is CCNCc1cnc(C(C)(C)OC)[nH]1. The van der Waals surface area contributed by atoms with E-state index in [1.807, 2.05) is 20.0 Å². The van der Waals surface area contributed by atoms with Gasteiger partial charge < -0.3 is 15.0 Å². The van der Waals surface area contributed by atoms with Crippen LogP contribution in [0.1, 0.15) is 32.3 Å². The van der Waals surface area contributed by atoms with Gasteiger partial charge >= 0.3 is 0 Å². The lowest BCUT2D eigenvalue weighted by Crippen LogP contribution is -2.21. The summed E-state index contributed by atoms with van der Waals surface area (Å²) in [5.74, 6) is 0.868. The Balaban J connectivity index is 2.67. The van der Waals surface area contributed by atoms with Crippen molar-refractivity contribution in [2.24, 2.45) is 0 Å². The fourth-order valence-electron chi connectivity index (χ4n) is 1.11. The third-order valence-corrected chi connectivity index (χ3v) is 2.27. The first-order valence-corrected chi connectivity index (χ1v) is 4.90. The second-order valence-electron chi connectivity index (χ2n) is 3.75. The second kappa shape index (κ2) is 4.57. The highest BCUT2D eigenvalue weighted by Gasteiger charge is 2.22. The Labute approximate surface area is 85.1 Å². The van der Waals surface area contributed by atoms with Gasteiger partial charge in [0, 0.05) is 25.5 Å². The number of aromatic nitrogens is 2. The Hall–Kier alpha value is -0.870. The van der Waals surface area contributed by atoms with E-state index in [2.05, 4.69) is 22.2 Å². The van der Waals surface area contributed by atoms with Gasteiger partial charge in [0.2, 0.25) is 0 Å². The molecule has 4 heteroatoms. The number of rotatable bonds is 5. The molecule has 0 bridgehead atoms. The summed E-state index contributed by atoms with van der Waals surface area (Å²) in [5, 5.41) is 3.24. The lowest BCUT2D eigenvalue weighted by molar-refractivity contribution is 0.0121. The van der Waals surface area contributed by atoms with Gasteiger partial charge in [-0.25, -0.2) is 4.98 Å². The summed E-state index contributed by atoms with van der Waals surface area (Å²) in [6, 6.07) is 0. The Morgan fingerprint density at radius 1 is 1.57 bits per heavy atom. The highest BCUT2D eigenvalue weighted by atomic mass is 16.5. The number of hydrogen-bond acceptors (Lipinski definition) is 3. The molecule has 0 radical (unpaired) electrons. The van der Waals surface area contributed by atoms with Crippen molar-refractivity contribution in [3.8, 4) is 0 Å². The maximum Gasteiger partial charge on any atom is 0.138 e. The molecule has 0 atom stereocenters. The maximum atomic E-state index is 5.33. The minimum Gasteiger partial charge on any atom is -0.371 e. The van der Waals surface area contributed by atoms with Gasteiger partial charge in [-0.2, -0.15) is 0 Å². The van der Waals surface area contributed by atoms with Gasteiger partial charge in [0.1, 0.15) is 11.4 Å². The van der Waals surface area contributed by atoms with Crippen LogP contribution in [0, 0.1) is 0 Å². The van der Waals surface area contributed by atoms with Crippen LogP contribution < -0.4 is 5.32 Å². The van der Waals surface area contributed by atoms with E-state index in [1.165, 1.54) is 0 Å². The predicted octanol–water partition coefficient (Wildman–Crippen LogP) is 1.40. The van der Waals surface area contributed by atoms with Crippen LogP contribution in [0.15, 0.2) is 6.20 Å². The van der Waals surface area contributed by atoms with Crippen molar-refractivity contribution in [2.75, 3.05) is 13.7 Å². The molecule has 0 fully saturated rings. The Kier molecular flexibility index (Phi) is 3.66. The van der Waals surface area contributed by atoms with Crippen molar-refractivity contribution < 1.29 is 4.74 Å². The summed E-state index contributed by atoms with van der Waals surface area (Å²) < 4.78 is 5.33. The molecule has 0 aliphatic carbocycles. The summed E-state index contributed by atoms with van der Waals surface area (Å²) in [5.41, 5.74) is 0.747. The van der Waals surface area contributed by atoms with E-state index in [0.29, 0.717) is 0 Å². The Morgan fingerprint density at radius 3 is 2.86 bits per heavy atom. The minimum absolute atomic E-state index is 0.343. The third kappa shape index (κ3) is 2.56. The highest BCUT2D eigenvalue weighted by molar-refractivity contribution is 5.06. The van der Waals surface area contributed by atoms with Gasteiger partial charge in [0.15, 0.2) is 0 Å². The zero-order chi connectivity index (χ0) is 10.6. The van der Waals surface area contributed by atoms with E-state index in [1.54, 1.807) is 7.11 Å². The molecule has 1 rings (SSSR count). The molecule has 0 spiro atoms. The normalized spacial score (nSPS) is 12.0. The lowest BCUT2D eigenvalue weighted by atomic mass is 10.1. The van der Waals surface area contributed by atoms with Crippen molar-refractivity contribution in [2.45, 2.75) is 32.9 Å². The predicted molar refractivity (Wildman–Crippen MR) is 56.0 cm³/mol. The number of H-pyrrole nitrogens is 1. The largest absolute Gasteiger partial charge is 0.371 e. The first kappa shape index (κ1) is 11.2. The van der Waals surface area contributed by atoms with Crippen molar-refractivity contribution >= 4 is 0 Å². The van der Waals surface area contributed by atoms with Gasteiger partial charge in [0.25, 0.3) is 0 Å². The molecule has 0 saturated heterocycles. The van der Waals surface area contributed by atoms with Crippen molar-refractivity contribution in [3.63, 3.8) is 0 Å². The van der Waals surface area contributed by atoms with Crippen molar-refractivity contribution in [1.82, 2.24) is 15.3 Å². The maximum absolute atomic E-state index is 5.33. The average molecular weight is 197 g/mol. The second-order valence-corrected chi connectivity index (χ2v) is 3.75. The Morgan fingerprint density at radius 2 is 2.29 bits per heavy atom. The van der Waals surface area contributed by atoms with E-state index in [4.69, 9.17) is 4.74 Å². The fourth-order valence-corrected chi connectivity index (χ4v) is 1.11. The fraction of sp³-hybridized carbons (Fsp3) is 0.700. The molecule has 0 aliphatic rings. The zero-order valence-electron chi connectivity index (χ0n) is 9.35. The zero-order valence-corrected chi connectivity index (χ0v) is 9.35. The quantitative estimate of drug-likeness (QED) is 0.750. The molecule has 14 heavy (non-hydrogen) atoms. The van der Waals surface area contributed by atoms with Gasteiger partial charge in [0.05, 0.1) is 0 Å². The minimum atomic E-state index is -0.343. The third-order valence-electron chi connectivity index (χ3n) is 2.27. The number of nitrogens with one attached hydrogen (secondary N) is 2. The van der Waals surface area contributed by atoms with E-state index >= 15 is 0 Å². The molecule has 0 aromatic carbocycles. The number of imidazole rings is 1. The first-order chi connectivity index (χ1) is 6.60. The number of aromatic amines is 1. The van der Waals surface area contributed by atoms with Crippen molar-refractivity contribution in [3.05, 3.63) is 17.7 Å². The van der Waals surface area contributed by atoms with Crippen LogP contribution in [0.2, 0.25) is 0 Å². The smallest absolute Gasteiger partial charge is 0.138 e. The topological polar surface area (TPSA) is 49.9 Å². The van der Waals surface area contributed by atoms with E-state index in [9.17, 15) is 0 Å². The molecule has 0 aliphatic heterocycles. The average Bonchev–Trinajstić information content (AvgIpc) is 2.63. The van der Waals surface area contributed by atoms with Gasteiger partial charge in [-0.1, -0.05) is 6.92 Å². The first-order valence-electron chi connectivity index (χ1n) is 4.90. The number of ether oxygens (including phenoxy) is 1. The summed E-state index contributed by atoms with van der Waals surface area (Å²) >= 11 is 0. The molecule has 1 heterocycles. The molecule has 2 N–H and O–H groups in total. The van der Waals surface area contributed by atoms with E-state index < -0.39 is 0 Å². The van der Waals surface area contributed by atoms with Crippen LogP contribution in [-0.2, 0) is 16.9 Å². The standard InChI is InChI=1S/C10H19N3O/c1-5-11-6-8-7-12-9(13-8)10(2,3)14-4/h7,11H,5-6H2,1-4H3,(H,12,13). The molecule has 80 valence electrons. The summed E-state index contributed by atoms with van der Waals surface area (Å²) in [7, 11) is 1.69. The number of methoxy groups -OCH3 is 1. The molecular weight excluding hydrogens is 178 g/mol. The molecule has 0 amide bonds. The summed E-state index contributed by atoms with van der Waals surface area (Å²) in [4.78, 5) is 7.53. The monoisotopic (exact) mass is 197 g/mol. The highest BCUT2D eigenvalue weighted by Crippen LogP contribution is 2.20. The van der Waals surface area contributed by atoms with E-state index in [0.717, 1.165) is 24.6 Å². The van der Waals surface area contributed by atoms with Gasteiger partial charge in [-0.3, -0.25) is 0 Å². The van der Waals surface area contributed by atoms with E-state index in [-0.39, 0.29) is 5.60 Å². The molecule has 0 unspecified atom stereocenters. The van der Waals surface area contributed by atoms with Gasteiger partial charge in [-0.15, -0.1) is 0 Å². The lowest BCUT2D eigenvalue weighted by Gasteiger charge is -2.19.